The van der Waals surface area contributed by atoms with Crippen molar-refractivity contribution >= 4 is 0 Å². The van der Waals surface area contributed by atoms with Crippen molar-refractivity contribution in [2.24, 2.45) is 11.3 Å². The predicted molar refractivity (Wildman–Crippen MR) is 56.6 cm³/mol. The van der Waals surface area contributed by atoms with Gasteiger partial charge in [-0.1, -0.05) is 25.5 Å². The van der Waals surface area contributed by atoms with Crippen molar-refractivity contribution in [2.75, 3.05) is 0 Å². The van der Waals surface area contributed by atoms with Gasteiger partial charge in [0.25, 0.3) is 0 Å². The third-order valence-corrected chi connectivity index (χ3v) is 3.35. The van der Waals surface area contributed by atoms with Crippen LogP contribution in [0.2, 0.25) is 0 Å². The van der Waals surface area contributed by atoms with E-state index < -0.39 is 0 Å². The molecule has 13 heavy (non-hydrogen) atoms. The van der Waals surface area contributed by atoms with Crippen molar-refractivity contribution in [1.82, 2.24) is 0 Å². The van der Waals surface area contributed by atoms with Gasteiger partial charge in [0.15, 0.2) is 0 Å². The van der Waals surface area contributed by atoms with Crippen LogP contribution in [0.25, 0.3) is 0 Å². The van der Waals surface area contributed by atoms with Crippen LogP contribution >= 0.6 is 0 Å². The van der Waals surface area contributed by atoms with E-state index in [-0.39, 0.29) is 11.5 Å². The number of allylic oxidation sites excluding steroid dienone is 2. The van der Waals surface area contributed by atoms with Gasteiger partial charge in [0, 0.05) is 0 Å². The van der Waals surface area contributed by atoms with Gasteiger partial charge >= 0.3 is 0 Å². The van der Waals surface area contributed by atoms with Crippen LogP contribution < -0.4 is 0 Å². The maximum absolute atomic E-state index is 9.65. The van der Waals surface area contributed by atoms with Gasteiger partial charge in [-0.25, -0.2) is 0 Å². The normalized spacial score (nSPS) is 40.1. The fraction of sp³-hybridized carbons (Fsp3) is 0.833. The molecule has 0 spiro atoms. The van der Waals surface area contributed by atoms with Crippen LogP contribution in [0.4, 0.5) is 0 Å². The lowest BCUT2D eigenvalue weighted by molar-refractivity contribution is 0.0456. The average Bonchev–Trinajstić information content (AvgIpc) is 1.95. The fourth-order valence-electron chi connectivity index (χ4n) is 2.44. The third kappa shape index (κ3) is 2.57. The first kappa shape index (κ1) is 10.8. The van der Waals surface area contributed by atoms with Crippen molar-refractivity contribution in [1.29, 1.82) is 0 Å². The quantitative estimate of drug-likeness (QED) is 0.618. The van der Waals surface area contributed by atoms with Crippen LogP contribution in [0.3, 0.4) is 0 Å². The zero-order valence-corrected chi connectivity index (χ0v) is 9.30. The number of rotatable bonds is 1. The van der Waals surface area contributed by atoms with Crippen LogP contribution in [0.15, 0.2) is 11.6 Å². The molecular weight excluding hydrogens is 160 g/mol. The summed E-state index contributed by atoms with van der Waals surface area (Å²) in [7, 11) is 0. The van der Waals surface area contributed by atoms with Crippen LogP contribution in [0, 0.1) is 11.3 Å². The molecule has 0 aromatic heterocycles. The van der Waals surface area contributed by atoms with Gasteiger partial charge in [-0.2, -0.15) is 0 Å². The van der Waals surface area contributed by atoms with Gasteiger partial charge in [-0.15, -0.1) is 0 Å². The number of hydrogen-bond donors (Lipinski definition) is 1. The van der Waals surface area contributed by atoms with Crippen molar-refractivity contribution in [3.63, 3.8) is 0 Å². The highest BCUT2D eigenvalue weighted by Gasteiger charge is 2.35. The van der Waals surface area contributed by atoms with Gasteiger partial charge < -0.3 is 5.11 Å². The summed E-state index contributed by atoms with van der Waals surface area (Å²) in [4.78, 5) is 0. The average molecular weight is 182 g/mol. The molecule has 0 aromatic carbocycles. The standard InChI is InChI=1S/C12H22O/c1-9(2)7-12(4)8-11(13)6-5-10(12)3/h7,10-11,13H,5-6,8H2,1-4H3. The molecule has 1 saturated carbocycles. The SMILES string of the molecule is CC(C)=CC1(C)CC(O)CCC1C. The molecule has 76 valence electrons. The largest absolute Gasteiger partial charge is 0.393 e. The van der Waals surface area contributed by atoms with Gasteiger partial charge in [0.05, 0.1) is 6.10 Å². The van der Waals surface area contributed by atoms with Gasteiger partial charge in [-0.05, 0) is 44.4 Å². The zero-order valence-electron chi connectivity index (χ0n) is 9.30. The Kier molecular flexibility index (Phi) is 3.18. The number of aliphatic hydroxyl groups is 1. The van der Waals surface area contributed by atoms with E-state index in [1.807, 2.05) is 0 Å². The van der Waals surface area contributed by atoms with E-state index >= 15 is 0 Å². The second-order valence-electron chi connectivity index (χ2n) is 5.06. The van der Waals surface area contributed by atoms with Crippen LogP contribution in [-0.2, 0) is 0 Å². The van der Waals surface area contributed by atoms with Gasteiger partial charge in [0.1, 0.15) is 0 Å². The summed E-state index contributed by atoms with van der Waals surface area (Å²) in [5, 5.41) is 9.65. The van der Waals surface area contributed by atoms with E-state index in [2.05, 4.69) is 33.8 Å². The minimum Gasteiger partial charge on any atom is -0.393 e. The molecule has 1 rings (SSSR count). The highest BCUT2D eigenvalue weighted by molar-refractivity contribution is 5.07. The summed E-state index contributed by atoms with van der Waals surface area (Å²) in [5.41, 5.74) is 1.58. The Morgan fingerprint density at radius 3 is 2.54 bits per heavy atom. The number of hydrogen-bond acceptors (Lipinski definition) is 1. The summed E-state index contributed by atoms with van der Waals surface area (Å²) in [6.45, 7) is 8.84. The third-order valence-electron chi connectivity index (χ3n) is 3.35. The molecule has 1 aliphatic rings. The molecule has 0 amide bonds. The van der Waals surface area contributed by atoms with E-state index in [1.165, 1.54) is 5.57 Å². The van der Waals surface area contributed by atoms with Crippen molar-refractivity contribution in [3.05, 3.63) is 11.6 Å². The zero-order chi connectivity index (χ0) is 10.1. The van der Waals surface area contributed by atoms with Crippen LogP contribution in [0.1, 0.15) is 47.0 Å². The molecule has 1 aliphatic carbocycles. The van der Waals surface area contributed by atoms with Crippen LogP contribution in [0.5, 0.6) is 0 Å². The Morgan fingerprint density at radius 1 is 1.38 bits per heavy atom. The molecule has 0 radical (unpaired) electrons. The first-order chi connectivity index (χ1) is 5.94. The van der Waals surface area contributed by atoms with Crippen molar-refractivity contribution in [2.45, 2.75) is 53.1 Å². The molecule has 0 aromatic rings. The second kappa shape index (κ2) is 3.83. The first-order valence-corrected chi connectivity index (χ1v) is 5.28. The Hall–Kier alpha value is -0.300. The predicted octanol–water partition coefficient (Wildman–Crippen LogP) is 3.14. The Labute approximate surface area is 81.9 Å². The Bertz CT molecular complexity index is 203. The molecule has 1 N–H and O–H groups in total. The van der Waals surface area contributed by atoms with Gasteiger partial charge in [-0.3, -0.25) is 0 Å². The molecule has 1 fully saturated rings. The summed E-state index contributed by atoms with van der Waals surface area (Å²) in [6.07, 6.45) is 5.31. The van der Waals surface area contributed by atoms with Gasteiger partial charge in [0.2, 0.25) is 0 Å². The summed E-state index contributed by atoms with van der Waals surface area (Å²) in [5.74, 6) is 0.700. The minimum absolute atomic E-state index is 0.0863. The summed E-state index contributed by atoms with van der Waals surface area (Å²) >= 11 is 0. The maximum Gasteiger partial charge on any atom is 0.0548 e. The molecule has 0 heterocycles. The van der Waals surface area contributed by atoms with E-state index in [0.717, 1.165) is 19.3 Å². The molecule has 3 atom stereocenters. The molecule has 1 nitrogen and oxygen atoms in total. The molecule has 0 bridgehead atoms. The van der Waals surface area contributed by atoms with E-state index in [9.17, 15) is 5.11 Å². The maximum atomic E-state index is 9.65. The lowest BCUT2D eigenvalue weighted by Crippen LogP contribution is -2.34. The Morgan fingerprint density at radius 2 is 2.00 bits per heavy atom. The van der Waals surface area contributed by atoms with Crippen molar-refractivity contribution in [3.8, 4) is 0 Å². The Balaban J connectivity index is 2.78. The fourth-order valence-corrected chi connectivity index (χ4v) is 2.44. The van der Waals surface area contributed by atoms with Crippen LogP contribution in [-0.4, -0.2) is 11.2 Å². The smallest absolute Gasteiger partial charge is 0.0548 e. The molecule has 1 heteroatoms. The summed E-state index contributed by atoms with van der Waals surface area (Å²) < 4.78 is 0. The first-order valence-electron chi connectivity index (χ1n) is 5.28. The molecule has 0 saturated heterocycles. The minimum atomic E-state index is -0.0863. The monoisotopic (exact) mass is 182 g/mol. The molecular formula is C12H22O. The summed E-state index contributed by atoms with van der Waals surface area (Å²) in [6, 6.07) is 0. The molecule has 0 aliphatic heterocycles. The highest BCUT2D eigenvalue weighted by Crippen LogP contribution is 2.42. The van der Waals surface area contributed by atoms with E-state index in [0.29, 0.717) is 5.92 Å². The highest BCUT2D eigenvalue weighted by atomic mass is 16.3. The van der Waals surface area contributed by atoms with Crippen molar-refractivity contribution < 1.29 is 5.11 Å². The molecule has 3 unspecified atom stereocenters. The van der Waals surface area contributed by atoms with E-state index in [4.69, 9.17) is 0 Å². The topological polar surface area (TPSA) is 20.2 Å². The lowest BCUT2D eigenvalue weighted by atomic mass is 9.67. The number of aliphatic hydroxyl groups excluding tert-OH is 1. The van der Waals surface area contributed by atoms with E-state index in [1.54, 1.807) is 0 Å². The lowest BCUT2D eigenvalue weighted by Gasteiger charge is -2.40. The second-order valence-corrected chi connectivity index (χ2v) is 5.06.